The van der Waals surface area contributed by atoms with Gasteiger partial charge < -0.3 is 4.74 Å². The fourth-order valence-corrected chi connectivity index (χ4v) is 2.14. The summed E-state index contributed by atoms with van der Waals surface area (Å²) in [6.45, 7) is 3.89. The second-order valence-corrected chi connectivity index (χ2v) is 5.12. The van der Waals surface area contributed by atoms with Crippen LogP contribution in [-0.2, 0) is 6.42 Å². The molecule has 19 heavy (non-hydrogen) atoms. The third-order valence-electron chi connectivity index (χ3n) is 3.02. The first-order valence-electron chi connectivity index (χ1n) is 6.19. The Hall–Kier alpha value is -1.61. The minimum absolute atomic E-state index is 0.0602. The molecular weight excluding hydrogens is 260 g/mol. The van der Waals surface area contributed by atoms with Crippen LogP contribution in [0.15, 0.2) is 30.5 Å². The van der Waals surface area contributed by atoms with Gasteiger partial charge in [-0.1, -0.05) is 12.1 Å². The van der Waals surface area contributed by atoms with E-state index in [1.807, 2.05) is 44.3 Å². The number of aromatic nitrogens is 2. The summed E-state index contributed by atoms with van der Waals surface area (Å²) >= 11 is 6.06. The highest BCUT2D eigenvalue weighted by Crippen LogP contribution is 2.21. The SMILES string of the molecule is COc1ccc(Cc2ncc(C(C)Cl)c(C)n2)cc1. The monoisotopic (exact) mass is 276 g/mol. The third kappa shape index (κ3) is 3.44. The summed E-state index contributed by atoms with van der Waals surface area (Å²) in [5.41, 5.74) is 3.09. The van der Waals surface area contributed by atoms with E-state index in [2.05, 4.69) is 9.97 Å². The van der Waals surface area contributed by atoms with Gasteiger partial charge in [0, 0.05) is 23.9 Å². The van der Waals surface area contributed by atoms with Crippen LogP contribution in [0.1, 0.15) is 34.9 Å². The van der Waals surface area contributed by atoms with Gasteiger partial charge in [-0.25, -0.2) is 9.97 Å². The molecule has 0 saturated heterocycles. The van der Waals surface area contributed by atoms with Crippen molar-refractivity contribution in [3.8, 4) is 5.75 Å². The molecule has 4 heteroatoms. The summed E-state index contributed by atoms with van der Waals surface area (Å²) in [5.74, 6) is 1.66. The van der Waals surface area contributed by atoms with E-state index in [0.717, 1.165) is 28.4 Å². The Labute approximate surface area is 118 Å². The summed E-state index contributed by atoms with van der Waals surface area (Å²) in [6, 6.07) is 7.93. The zero-order valence-corrected chi connectivity index (χ0v) is 12.1. The Balaban J connectivity index is 2.16. The second-order valence-electron chi connectivity index (χ2n) is 4.47. The van der Waals surface area contributed by atoms with E-state index in [9.17, 15) is 0 Å². The molecule has 1 unspecified atom stereocenters. The first-order chi connectivity index (χ1) is 9.10. The summed E-state index contributed by atoms with van der Waals surface area (Å²) in [5, 5.41) is -0.0602. The number of ether oxygens (including phenoxy) is 1. The highest BCUT2D eigenvalue weighted by atomic mass is 35.5. The van der Waals surface area contributed by atoms with E-state index >= 15 is 0 Å². The van der Waals surface area contributed by atoms with E-state index in [1.165, 1.54) is 0 Å². The molecule has 2 aromatic rings. The number of benzene rings is 1. The van der Waals surface area contributed by atoms with Crippen molar-refractivity contribution in [1.82, 2.24) is 9.97 Å². The average Bonchev–Trinajstić information content (AvgIpc) is 2.39. The predicted octanol–water partition coefficient (Wildman–Crippen LogP) is 3.68. The molecule has 100 valence electrons. The highest BCUT2D eigenvalue weighted by molar-refractivity contribution is 6.20. The smallest absolute Gasteiger partial charge is 0.132 e. The molecule has 0 aliphatic rings. The van der Waals surface area contributed by atoms with Gasteiger partial charge in [0.15, 0.2) is 0 Å². The van der Waals surface area contributed by atoms with Crippen LogP contribution in [0.2, 0.25) is 0 Å². The van der Waals surface area contributed by atoms with Crippen molar-refractivity contribution in [1.29, 1.82) is 0 Å². The molecule has 0 amide bonds. The van der Waals surface area contributed by atoms with Crippen LogP contribution < -0.4 is 4.74 Å². The van der Waals surface area contributed by atoms with Crippen molar-refractivity contribution in [2.24, 2.45) is 0 Å². The van der Waals surface area contributed by atoms with Gasteiger partial charge in [0.25, 0.3) is 0 Å². The Morgan fingerprint density at radius 3 is 2.47 bits per heavy atom. The molecule has 0 bridgehead atoms. The molecule has 1 aromatic heterocycles. The summed E-state index contributed by atoms with van der Waals surface area (Å²) in [6.07, 6.45) is 2.53. The number of halogens is 1. The van der Waals surface area contributed by atoms with Gasteiger partial charge in [-0.15, -0.1) is 11.6 Å². The van der Waals surface area contributed by atoms with Crippen LogP contribution in [0.4, 0.5) is 0 Å². The van der Waals surface area contributed by atoms with Crippen molar-refractivity contribution < 1.29 is 4.74 Å². The molecule has 0 aliphatic heterocycles. The molecule has 0 radical (unpaired) electrons. The zero-order valence-electron chi connectivity index (χ0n) is 11.4. The van der Waals surface area contributed by atoms with E-state index in [1.54, 1.807) is 7.11 Å². The fraction of sp³-hybridized carbons (Fsp3) is 0.333. The molecule has 1 heterocycles. The van der Waals surface area contributed by atoms with E-state index in [4.69, 9.17) is 16.3 Å². The maximum absolute atomic E-state index is 6.06. The van der Waals surface area contributed by atoms with Crippen molar-refractivity contribution in [2.75, 3.05) is 7.11 Å². The first-order valence-corrected chi connectivity index (χ1v) is 6.63. The van der Waals surface area contributed by atoms with Crippen LogP contribution >= 0.6 is 11.6 Å². The Morgan fingerprint density at radius 2 is 1.95 bits per heavy atom. The van der Waals surface area contributed by atoms with Crippen molar-refractivity contribution in [2.45, 2.75) is 25.6 Å². The Morgan fingerprint density at radius 1 is 1.26 bits per heavy atom. The summed E-state index contributed by atoms with van der Waals surface area (Å²) in [7, 11) is 1.66. The maximum atomic E-state index is 6.06. The zero-order chi connectivity index (χ0) is 13.8. The van der Waals surface area contributed by atoms with E-state index in [0.29, 0.717) is 6.42 Å². The molecule has 0 fully saturated rings. The third-order valence-corrected chi connectivity index (χ3v) is 3.25. The Kier molecular flexibility index (Phi) is 4.38. The lowest BCUT2D eigenvalue weighted by atomic mass is 10.1. The molecule has 0 saturated carbocycles. The largest absolute Gasteiger partial charge is 0.497 e. The molecule has 0 spiro atoms. The standard InChI is InChI=1S/C15H17ClN2O/c1-10(16)14-9-17-15(18-11(14)2)8-12-4-6-13(19-3)7-5-12/h4-7,9-10H,8H2,1-3H3. The van der Waals surface area contributed by atoms with Gasteiger partial charge in [0.2, 0.25) is 0 Å². The molecule has 3 nitrogen and oxygen atoms in total. The average molecular weight is 277 g/mol. The van der Waals surface area contributed by atoms with Gasteiger partial charge in [-0.05, 0) is 31.5 Å². The number of hydrogen-bond acceptors (Lipinski definition) is 3. The normalized spacial score (nSPS) is 12.2. The van der Waals surface area contributed by atoms with Gasteiger partial charge >= 0.3 is 0 Å². The predicted molar refractivity (Wildman–Crippen MR) is 76.8 cm³/mol. The first kappa shape index (κ1) is 13.8. The van der Waals surface area contributed by atoms with Crippen molar-refractivity contribution >= 4 is 11.6 Å². The van der Waals surface area contributed by atoms with Gasteiger partial charge in [0.1, 0.15) is 11.6 Å². The summed E-state index contributed by atoms with van der Waals surface area (Å²) < 4.78 is 5.13. The lowest BCUT2D eigenvalue weighted by Crippen LogP contribution is -2.02. The number of methoxy groups -OCH3 is 1. The number of rotatable bonds is 4. The molecule has 2 rings (SSSR count). The van der Waals surface area contributed by atoms with Crippen LogP contribution in [0.25, 0.3) is 0 Å². The van der Waals surface area contributed by atoms with E-state index < -0.39 is 0 Å². The topological polar surface area (TPSA) is 35.0 Å². The molecule has 1 atom stereocenters. The van der Waals surface area contributed by atoms with Gasteiger partial charge in [-0.2, -0.15) is 0 Å². The lowest BCUT2D eigenvalue weighted by Gasteiger charge is -2.08. The summed E-state index contributed by atoms with van der Waals surface area (Å²) in [4.78, 5) is 8.88. The van der Waals surface area contributed by atoms with Crippen LogP contribution in [0.5, 0.6) is 5.75 Å². The van der Waals surface area contributed by atoms with Gasteiger partial charge in [-0.3, -0.25) is 0 Å². The molecular formula is C15H17ClN2O. The number of hydrogen-bond donors (Lipinski definition) is 0. The highest BCUT2D eigenvalue weighted by Gasteiger charge is 2.08. The fourth-order valence-electron chi connectivity index (χ4n) is 1.93. The van der Waals surface area contributed by atoms with Crippen molar-refractivity contribution in [3.05, 3.63) is 53.1 Å². The lowest BCUT2D eigenvalue weighted by molar-refractivity contribution is 0.414. The van der Waals surface area contributed by atoms with Crippen LogP contribution in [0, 0.1) is 6.92 Å². The number of nitrogens with zero attached hydrogens (tertiary/aromatic N) is 2. The quantitative estimate of drug-likeness (QED) is 0.799. The second kappa shape index (κ2) is 6.02. The minimum atomic E-state index is -0.0602. The van der Waals surface area contributed by atoms with E-state index in [-0.39, 0.29) is 5.38 Å². The minimum Gasteiger partial charge on any atom is -0.497 e. The molecule has 0 aliphatic carbocycles. The number of alkyl halides is 1. The van der Waals surface area contributed by atoms with Crippen LogP contribution in [0.3, 0.4) is 0 Å². The van der Waals surface area contributed by atoms with Crippen molar-refractivity contribution in [3.63, 3.8) is 0 Å². The molecule has 1 aromatic carbocycles. The van der Waals surface area contributed by atoms with Gasteiger partial charge in [0.05, 0.1) is 12.5 Å². The van der Waals surface area contributed by atoms with Crippen LogP contribution in [-0.4, -0.2) is 17.1 Å². The molecule has 0 N–H and O–H groups in total. The Bertz CT molecular complexity index is 553. The maximum Gasteiger partial charge on any atom is 0.132 e. The number of aryl methyl sites for hydroxylation is 1.